The van der Waals surface area contributed by atoms with Crippen LogP contribution in [0, 0.1) is 23.1 Å². The van der Waals surface area contributed by atoms with Gasteiger partial charge in [-0.15, -0.1) is 6.58 Å². The molecule has 8 heteroatoms. The third-order valence-corrected chi connectivity index (χ3v) is 5.47. The smallest absolute Gasteiger partial charge is 0.324 e. The van der Waals surface area contributed by atoms with Gasteiger partial charge in [-0.3, -0.25) is 14.4 Å². The number of pyridine rings is 1. The summed E-state index contributed by atoms with van der Waals surface area (Å²) in [5, 5.41) is 0. The molecule has 0 amide bonds. The molecular formula is C25H31FN2O5. The van der Waals surface area contributed by atoms with Gasteiger partial charge in [-0.05, 0) is 57.9 Å². The molecule has 0 spiro atoms. The number of aldehydes is 1. The van der Waals surface area contributed by atoms with E-state index in [1.807, 2.05) is 4.90 Å². The molecule has 1 aliphatic heterocycles. The lowest BCUT2D eigenvalue weighted by molar-refractivity contribution is -0.172. The number of piperidine rings is 1. The van der Waals surface area contributed by atoms with Crippen molar-refractivity contribution in [2.75, 3.05) is 31.2 Å². The fraction of sp³-hybridized carbons (Fsp3) is 0.520. The second kappa shape index (κ2) is 12.7. The number of hydrogen-bond donors (Lipinski definition) is 0. The third-order valence-electron chi connectivity index (χ3n) is 5.47. The Balaban J connectivity index is 2.44. The van der Waals surface area contributed by atoms with E-state index >= 15 is 0 Å². The van der Waals surface area contributed by atoms with E-state index in [0.717, 1.165) is 25.3 Å². The highest BCUT2D eigenvalue weighted by molar-refractivity contribution is 6.00. The van der Waals surface area contributed by atoms with Gasteiger partial charge in [-0.25, -0.2) is 9.37 Å². The number of ether oxygens (including phenoxy) is 2. The number of carbonyl (C=O) groups excluding carboxylic acids is 3. The van der Waals surface area contributed by atoms with Gasteiger partial charge in [0.2, 0.25) is 0 Å². The van der Waals surface area contributed by atoms with Crippen molar-refractivity contribution >= 4 is 24.0 Å². The predicted molar refractivity (Wildman–Crippen MR) is 122 cm³/mol. The normalized spacial score (nSPS) is 13.5. The van der Waals surface area contributed by atoms with Crippen LogP contribution in [0.3, 0.4) is 0 Å². The Labute approximate surface area is 194 Å². The molecular weight excluding hydrogens is 427 g/mol. The molecule has 178 valence electrons. The molecule has 1 saturated heterocycles. The first kappa shape index (κ1) is 26.0. The van der Waals surface area contributed by atoms with E-state index in [0.29, 0.717) is 25.8 Å². The van der Waals surface area contributed by atoms with Crippen LogP contribution in [-0.4, -0.2) is 49.5 Å². The Kier molecular flexibility index (Phi) is 10.0. The Morgan fingerprint density at radius 1 is 1.21 bits per heavy atom. The van der Waals surface area contributed by atoms with Crippen molar-refractivity contribution in [2.24, 2.45) is 5.41 Å². The number of halogens is 1. The predicted octanol–water partition coefficient (Wildman–Crippen LogP) is 3.84. The number of hydrogen-bond acceptors (Lipinski definition) is 7. The monoisotopic (exact) mass is 458 g/mol. The van der Waals surface area contributed by atoms with E-state index in [-0.39, 0.29) is 43.1 Å². The highest BCUT2D eigenvalue weighted by Crippen LogP contribution is 2.32. The van der Waals surface area contributed by atoms with Gasteiger partial charge in [0.05, 0.1) is 18.8 Å². The molecule has 0 aromatic carbocycles. The fourth-order valence-electron chi connectivity index (χ4n) is 3.70. The second-order valence-electron chi connectivity index (χ2n) is 7.73. The molecule has 0 bridgehead atoms. The van der Waals surface area contributed by atoms with Crippen LogP contribution in [0.1, 0.15) is 68.4 Å². The summed E-state index contributed by atoms with van der Waals surface area (Å²) in [4.78, 5) is 43.3. The fourth-order valence-corrected chi connectivity index (χ4v) is 3.70. The number of nitrogens with zero attached hydrogens (tertiary/aromatic N) is 2. The van der Waals surface area contributed by atoms with Crippen molar-refractivity contribution in [1.82, 2.24) is 4.98 Å². The van der Waals surface area contributed by atoms with Gasteiger partial charge in [-0.1, -0.05) is 12.0 Å². The van der Waals surface area contributed by atoms with Crippen LogP contribution in [0.15, 0.2) is 18.7 Å². The van der Waals surface area contributed by atoms with Crippen molar-refractivity contribution in [1.29, 1.82) is 0 Å². The van der Waals surface area contributed by atoms with Gasteiger partial charge in [0.15, 0.2) is 23.3 Å². The number of carbonyl (C=O) groups is 3. The number of allylic oxidation sites excluding steroid dienone is 1. The average molecular weight is 459 g/mol. The van der Waals surface area contributed by atoms with E-state index in [1.54, 1.807) is 19.9 Å². The summed E-state index contributed by atoms with van der Waals surface area (Å²) in [5.74, 6) is 3.69. The Morgan fingerprint density at radius 2 is 1.85 bits per heavy atom. The van der Waals surface area contributed by atoms with Crippen LogP contribution in [0.4, 0.5) is 10.2 Å². The largest absolute Gasteiger partial charge is 0.465 e. The van der Waals surface area contributed by atoms with Crippen LogP contribution in [0.25, 0.3) is 0 Å². The minimum absolute atomic E-state index is 0.00437. The van der Waals surface area contributed by atoms with Gasteiger partial charge in [-0.2, -0.15) is 0 Å². The molecule has 1 aliphatic rings. The maximum Gasteiger partial charge on any atom is 0.324 e. The maximum absolute atomic E-state index is 14.6. The zero-order valence-electron chi connectivity index (χ0n) is 19.3. The first-order chi connectivity index (χ1) is 15.9. The molecule has 1 fully saturated rings. The number of anilines is 1. The molecule has 0 atom stereocenters. The van der Waals surface area contributed by atoms with E-state index in [2.05, 4.69) is 23.4 Å². The van der Waals surface area contributed by atoms with Crippen LogP contribution in [0.2, 0.25) is 0 Å². The zero-order chi connectivity index (χ0) is 24.3. The first-order valence-electron chi connectivity index (χ1n) is 11.3. The Morgan fingerprint density at radius 3 is 2.39 bits per heavy atom. The number of rotatable bonds is 10. The topological polar surface area (TPSA) is 85.8 Å². The Hall–Kier alpha value is -3.21. The maximum atomic E-state index is 14.6. The lowest BCUT2D eigenvalue weighted by Crippen LogP contribution is -2.42. The summed E-state index contributed by atoms with van der Waals surface area (Å²) in [6, 6.07) is 1.12. The molecule has 0 aliphatic carbocycles. The van der Waals surface area contributed by atoms with E-state index in [1.165, 1.54) is 0 Å². The van der Waals surface area contributed by atoms with Crippen molar-refractivity contribution in [3.8, 4) is 11.8 Å². The number of esters is 2. The lowest BCUT2D eigenvalue weighted by Gasteiger charge is -2.28. The van der Waals surface area contributed by atoms with Gasteiger partial charge in [0.1, 0.15) is 5.69 Å². The van der Waals surface area contributed by atoms with Gasteiger partial charge < -0.3 is 14.4 Å². The summed E-state index contributed by atoms with van der Waals surface area (Å²) in [6.45, 7) is 8.49. The summed E-state index contributed by atoms with van der Waals surface area (Å²) < 4.78 is 24.9. The zero-order valence-corrected chi connectivity index (χ0v) is 19.3. The van der Waals surface area contributed by atoms with Crippen LogP contribution in [-0.2, 0) is 19.1 Å². The van der Waals surface area contributed by atoms with E-state index in [4.69, 9.17) is 9.47 Å². The quantitative estimate of drug-likeness (QED) is 0.173. The summed E-state index contributed by atoms with van der Waals surface area (Å²) >= 11 is 0. The summed E-state index contributed by atoms with van der Waals surface area (Å²) in [7, 11) is 0. The molecule has 0 saturated carbocycles. The van der Waals surface area contributed by atoms with Gasteiger partial charge in [0.25, 0.3) is 0 Å². The summed E-state index contributed by atoms with van der Waals surface area (Å²) in [6.07, 6.45) is 5.30. The molecule has 2 heterocycles. The highest BCUT2D eigenvalue weighted by Gasteiger charge is 2.47. The van der Waals surface area contributed by atoms with Crippen LogP contribution in [0.5, 0.6) is 0 Å². The SMILES string of the molecule is C=CCCC(CC#Cc1nc(N2CCCCC2)c(F)cc1C=O)(C(=O)OCC)C(=O)OCC. The second-order valence-corrected chi connectivity index (χ2v) is 7.73. The van der Waals surface area contributed by atoms with Gasteiger partial charge in [0, 0.05) is 19.5 Å². The van der Waals surface area contributed by atoms with Crippen molar-refractivity contribution in [2.45, 2.75) is 52.4 Å². The molecule has 1 aromatic rings. The lowest BCUT2D eigenvalue weighted by atomic mass is 9.80. The standard InChI is InChI=1S/C25H31FN2O5/c1-4-7-13-25(23(30)32-5-2,24(31)33-6-3)14-11-12-21-19(18-29)17-20(26)22(27-21)28-15-9-8-10-16-28/h4,17-18H,1,5-10,13-16H2,2-3H3. The minimum atomic E-state index is -1.63. The summed E-state index contributed by atoms with van der Waals surface area (Å²) in [5.41, 5.74) is -1.54. The van der Waals surface area contributed by atoms with E-state index < -0.39 is 23.2 Å². The molecule has 7 nitrogen and oxygen atoms in total. The number of aromatic nitrogens is 1. The molecule has 1 aromatic heterocycles. The van der Waals surface area contributed by atoms with Gasteiger partial charge >= 0.3 is 11.9 Å². The Bertz CT molecular complexity index is 911. The molecule has 0 N–H and O–H groups in total. The van der Waals surface area contributed by atoms with Crippen molar-refractivity contribution < 1.29 is 28.2 Å². The van der Waals surface area contributed by atoms with Crippen molar-refractivity contribution in [3.05, 3.63) is 35.8 Å². The third kappa shape index (κ3) is 6.41. The average Bonchev–Trinajstić information content (AvgIpc) is 2.82. The molecule has 0 unspecified atom stereocenters. The molecule has 2 rings (SSSR count). The van der Waals surface area contributed by atoms with Crippen LogP contribution >= 0.6 is 0 Å². The highest BCUT2D eigenvalue weighted by atomic mass is 19.1. The molecule has 0 radical (unpaired) electrons. The first-order valence-corrected chi connectivity index (χ1v) is 11.3. The van der Waals surface area contributed by atoms with Crippen molar-refractivity contribution in [3.63, 3.8) is 0 Å². The molecule has 33 heavy (non-hydrogen) atoms. The van der Waals surface area contributed by atoms with Crippen LogP contribution < -0.4 is 4.90 Å². The minimum Gasteiger partial charge on any atom is -0.465 e. The van der Waals surface area contributed by atoms with E-state index in [9.17, 15) is 18.8 Å².